The standard InChI is InChI=1S/C13H18N2O2/c1-10-3-2-7-15(8-5-10)12-4-6-14-9-11(12)13(16)17/h4,6,9-10H,2-3,5,7-8H2,1H3,(H,16,17). The molecule has 92 valence electrons. The van der Waals surface area contributed by atoms with Gasteiger partial charge in [-0.05, 0) is 31.2 Å². The van der Waals surface area contributed by atoms with E-state index in [1.54, 1.807) is 12.3 Å². The summed E-state index contributed by atoms with van der Waals surface area (Å²) in [6, 6.07) is 1.80. The summed E-state index contributed by atoms with van der Waals surface area (Å²) in [5.41, 5.74) is 1.11. The fraction of sp³-hybridized carbons (Fsp3) is 0.538. The highest BCUT2D eigenvalue weighted by Gasteiger charge is 2.19. The van der Waals surface area contributed by atoms with Crippen LogP contribution in [0.15, 0.2) is 18.5 Å². The van der Waals surface area contributed by atoms with Gasteiger partial charge in [0.15, 0.2) is 0 Å². The van der Waals surface area contributed by atoms with Gasteiger partial charge < -0.3 is 10.0 Å². The van der Waals surface area contributed by atoms with Gasteiger partial charge in [-0.1, -0.05) is 6.92 Å². The van der Waals surface area contributed by atoms with Crippen molar-refractivity contribution < 1.29 is 9.90 Å². The first-order valence-corrected chi connectivity index (χ1v) is 6.10. The molecular formula is C13H18N2O2. The van der Waals surface area contributed by atoms with Gasteiger partial charge in [-0.2, -0.15) is 0 Å². The van der Waals surface area contributed by atoms with E-state index in [1.807, 2.05) is 0 Å². The monoisotopic (exact) mass is 234 g/mol. The zero-order valence-corrected chi connectivity index (χ0v) is 10.1. The quantitative estimate of drug-likeness (QED) is 0.853. The Hall–Kier alpha value is -1.58. The van der Waals surface area contributed by atoms with Gasteiger partial charge in [-0.25, -0.2) is 4.79 Å². The number of carboxylic acids is 1. The van der Waals surface area contributed by atoms with Gasteiger partial charge in [0.1, 0.15) is 5.56 Å². The zero-order valence-electron chi connectivity index (χ0n) is 10.1. The molecule has 1 saturated heterocycles. The lowest BCUT2D eigenvalue weighted by Gasteiger charge is -2.24. The molecule has 1 fully saturated rings. The van der Waals surface area contributed by atoms with Crippen molar-refractivity contribution in [2.75, 3.05) is 18.0 Å². The summed E-state index contributed by atoms with van der Waals surface area (Å²) < 4.78 is 0. The van der Waals surface area contributed by atoms with Gasteiger partial charge in [-0.3, -0.25) is 4.98 Å². The molecule has 0 aliphatic carbocycles. The number of hydrogen-bond donors (Lipinski definition) is 1. The molecule has 1 aromatic rings. The first kappa shape index (κ1) is 11.9. The maximum absolute atomic E-state index is 11.1. The molecule has 1 aliphatic heterocycles. The minimum absolute atomic E-state index is 0.307. The minimum atomic E-state index is -0.898. The third-order valence-electron chi connectivity index (χ3n) is 3.39. The fourth-order valence-electron chi connectivity index (χ4n) is 2.33. The summed E-state index contributed by atoms with van der Waals surface area (Å²) in [5, 5.41) is 9.15. The predicted octanol–water partition coefficient (Wildman–Crippen LogP) is 2.41. The predicted molar refractivity (Wildman–Crippen MR) is 66.4 cm³/mol. The van der Waals surface area contributed by atoms with Crippen LogP contribution in [0.4, 0.5) is 5.69 Å². The first-order chi connectivity index (χ1) is 8.18. The van der Waals surface area contributed by atoms with E-state index in [4.69, 9.17) is 5.11 Å². The van der Waals surface area contributed by atoms with Crippen molar-refractivity contribution in [3.63, 3.8) is 0 Å². The van der Waals surface area contributed by atoms with E-state index in [2.05, 4.69) is 16.8 Å². The number of carboxylic acid groups (broad SMARTS) is 1. The summed E-state index contributed by atoms with van der Waals surface area (Å²) in [5.74, 6) is -0.166. The lowest BCUT2D eigenvalue weighted by molar-refractivity contribution is 0.0697. The number of pyridine rings is 1. The molecule has 0 saturated carbocycles. The zero-order chi connectivity index (χ0) is 12.3. The average Bonchev–Trinajstić information content (AvgIpc) is 2.54. The second-order valence-electron chi connectivity index (χ2n) is 4.72. The highest BCUT2D eigenvalue weighted by atomic mass is 16.4. The Morgan fingerprint density at radius 2 is 2.29 bits per heavy atom. The van der Waals surface area contributed by atoms with Crippen molar-refractivity contribution in [2.45, 2.75) is 26.2 Å². The normalized spacial score (nSPS) is 21.0. The van der Waals surface area contributed by atoms with Crippen LogP contribution < -0.4 is 4.90 Å². The molecule has 0 aromatic carbocycles. The van der Waals surface area contributed by atoms with Crippen molar-refractivity contribution >= 4 is 11.7 Å². The maximum Gasteiger partial charge on any atom is 0.339 e. The van der Waals surface area contributed by atoms with Crippen molar-refractivity contribution in [1.29, 1.82) is 0 Å². The minimum Gasteiger partial charge on any atom is -0.478 e. The van der Waals surface area contributed by atoms with E-state index in [0.29, 0.717) is 5.56 Å². The van der Waals surface area contributed by atoms with E-state index in [-0.39, 0.29) is 0 Å². The van der Waals surface area contributed by atoms with Crippen LogP contribution in [0.2, 0.25) is 0 Å². The lowest BCUT2D eigenvalue weighted by atomic mass is 10.0. The molecule has 0 radical (unpaired) electrons. The van der Waals surface area contributed by atoms with Gasteiger partial charge >= 0.3 is 5.97 Å². The summed E-state index contributed by atoms with van der Waals surface area (Å²) in [7, 11) is 0. The Labute approximate surface area is 101 Å². The molecule has 4 heteroatoms. The van der Waals surface area contributed by atoms with E-state index >= 15 is 0 Å². The Bertz CT molecular complexity index is 406. The van der Waals surface area contributed by atoms with Gasteiger partial charge in [0.2, 0.25) is 0 Å². The third-order valence-corrected chi connectivity index (χ3v) is 3.39. The fourth-order valence-corrected chi connectivity index (χ4v) is 2.33. The summed E-state index contributed by atoms with van der Waals surface area (Å²) >= 11 is 0. The summed E-state index contributed by atoms with van der Waals surface area (Å²) in [6.45, 7) is 4.13. The van der Waals surface area contributed by atoms with E-state index in [9.17, 15) is 4.79 Å². The smallest absolute Gasteiger partial charge is 0.339 e. The Morgan fingerprint density at radius 3 is 3.06 bits per heavy atom. The molecule has 1 aromatic heterocycles. The van der Waals surface area contributed by atoms with E-state index in [1.165, 1.54) is 12.6 Å². The van der Waals surface area contributed by atoms with Crippen molar-refractivity contribution in [3.05, 3.63) is 24.0 Å². The second kappa shape index (κ2) is 5.17. The third kappa shape index (κ3) is 2.75. The van der Waals surface area contributed by atoms with Crippen LogP contribution >= 0.6 is 0 Å². The molecular weight excluding hydrogens is 216 g/mol. The van der Waals surface area contributed by atoms with E-state index < -0.39 is 5.97 Å². The molecule has 1 aliphatic rings. The Balaban J connectivity index is 2.24. The van der Waals surface area contributed by atoms with Crippen LogP contribution in [-0.4, -0.2) is 29.1 Å². The van der Waals surface area contributed by atoms with Crippen molar-refractivity contribution in [1.82, 2.24) is 4.98 Å². The molecule has 2 heterocycles. The van der Waals surface area contributed by atoms with Crippen LogP contribution in [0.25, 0.3) is 0 Å². The number of carbonyl (C=O) groups is 1. The molecule has 0 spiro atoms. The Kier molecular flexibility index (Phi) is 3.61. The highest BCUT2D eigenvalue weighted by molar-refractivity contribution is 5.94. The largest absolute Gasteiger partial charge is 0.478 e. The average molecular weight is 234 g/mol. The molecule has 1 unspecified atom stereocenters. The maximum atomic E-state index is 11.1. The first-order valence-electron chi connectivity index (χ1n) is 6.10. The van der Waals surface area contributed by atoms with Crippen molar-refractivity contribution in [3.8, 4) is 0 Å². The second-order valence-corrected chi connectivity index (χ2v) is 4.72. The molecule has 2 rings (SSSR count). The lowest BCUT2D eigenvalue weighted by Crippen LogP contribution is -2.26. The number of nitrogens with zero attached hydrogens (tertiary/aromatic N) is 2. The van der Waals surface area contributed by atoms with Crippen LogP contribution in [0.5, 0.6) is 0 Å². The van der Waals surface area contributed by atoms with Gasteiger partial charge in [-0.15, -0.1) is 0 Å². The van der Waals surface area contributed by atoms with Crippen LogP contribution in [0, 0.1) is 5.92 Å². The van der Waals surface area contributed by atoms with Crippen LogP contribution in [-0.2, 0) is 0 Å². The number of rotatable bonds is 2. The topological polar surface area (TPSA) is 53.4 Å². The molecule has 1 atom stereocenters. The van der Waals surface area contributed by atoms with Gasteiger partial charge in [0.25, 0.3) is 0 Å². The SMILES string of the molecule is CC1CCCN(c2ccncc2C(=O)O)CC1. The van der Waals surface area contributed by atoms with Crippen LogP contribution in [0.3, 0.4) is 0 Å². The van der Waals surface area contributed by atoms with E-state index in [0.717, 1.165) is 37.5 Å². The van der Waals surface area contributed by atoms with Crippen molar-refractivity contribution in [2.24, 2.45) is 5.92 Å². The Morgan fingerprint density at radius 1 is 1.47 bits per heavy atom. The summed E-state index contributed by atoms with van der Waals surface area (Å²) in [4.78, 5) is 17.2. The number of aromatic nitrogens is 1. The molecule has 0 amide bonds. The molecule has 0 bridgehead atoms. The molecule has 1 N–H and O–H groups in total. The highest BCUT2D eigenvalue weighted by Crippen LogP contribution is 2.24. The summed E-state index contributed by atoms with van der Waals surface area (Å²) in [6.07, 6.45) is 6.58. The van der Waals surface area contributed by atoms with Crippen LogP contribution in [0.1, 0.15) is 36.5 Å². The molecule has 4 nitrogen and oxygen atoms in total. The number of aromatic carboxylic acids is 1. The van der Waals surface area contributed by atoms with Gasteiger partial charge in [0.05, 0.1) is 5.69 Å². The number of hydrogen-bond acceptors (Lipinski definition) is 3. The number of anilines is 1. The van der Waals surface area contributed by atoms with Gasteiger partial charge in [0, 0.05) is 25.5 Å². The molecule has 17 heavy (non-hydrogen) atoms.